The Morgan fingerprint density at radius 3 is 2.69 bits per heavy atom. The van der Waals surface area contributed by atoms with Crippen LogP contribution in [0.3, 0.4) is 0 Å². The number of aryl methyl sites for hydroxylation is 2. The summed E-state index contributed by atoms with van der Waals surface area (Å²) in [6.45, 7) is 3.68. The monoisotopic (exact) mass is 350 g/mol. The molecule has 0 aliphatic carbocycles. The Labute approximate surface area is 147 Å². The third-order valence-corrected chi connectivity index (χ3v) is 3.90. The maximum Gasteiger partial charge on any atom is 0.273 e. The minimum absolute atomic E-state index is 0.255. The maximum absolute atomic E-state index is 14.2. The third-order valence-electron chi connectivity index (χ3n) is 3.90. The van der Waals surface area contributed by atoms with Crippen LogP contribution in [0.15, 0.2) is 47.4 Å². The Kier molecular flexibility index (Phi) is 3.72. The molecule has 7 nitrogen and oxygen atoms in total. The van der Waals surface area contributed by atoms with Crippen molar-refractivity contribution in [2.45, 2.75) is 13.8 Å². The van der Waals surface area contributed by atoms with E-state index in [9.17, 15) is 9.18 Å². The van der Waals surface area contributed by atoms with E-state index in [0.717, 1.165) is 5.69 Å². The van der Waals surface area contributed by atoms with E-state index in [1.807, 2.05) is 6.92 Å². The molecule has 4 rings (SSSR count). The number of para-hydroxylation sites is 1. The zero-order valence-electron chi connectivity index (χ0n) is 14.1. The van der Waals surface area contributed by atoms with Gasteiger partial charge in [-0.05, 0) is 26.0 Å². The zero-order chi connectivity index (χ0) is 18.3. The van der Waals surface area contributed by atoms with Crippen molar-refractivity contribution >= 4 is 22.5 Å². The van der Waals surface area contributed by atoms with Crippen LogP contribution in [-0.4, -0.2) is 24.7 Å². The number of benzene rings is 1. The molecule has 1 aromatic carbocycles. The lowest BCUT2D eigenvalue weighted by Gasteiger charge is -2.08. The Morgan fingerprint density at radius 2 is 1.92 bits per heavy atom. The summed E-state index contributed by atoms with van der Waals surface area (Å²) >= 11 is 0. The van der Waals surface area contributed by atoms with Crippen molar-refractivity contribution in [2.75, 3.05) is 5.32 Å². The van der Waals surface area contributed by atoms with Gasteiger partial charge in [-0.3, -0.25) is 9.89 Å². The highest BCUT2D eigenvalue weighted by molar-refractivity contribution is 5.82. The second-order valence-electron chi connectivity index (χ2n) is 5.88. The number of halogens is 1. The second-order valence-corrected chi connectivity index (χ2v) is 5.88. The average molecular weight is 350 g/mol. The van der Waals surface area contributed by atoms with Gasteiger partial charge in [0.15, 0.2) is 0 Å². The van der Waals surface area contributed by atoms with Crippen molar-refractivity contribution in [3.8, 4) is 5.69 Å². The standard InChI is InChI=1S/C18H15FN6O/c1-10-7-17(22-11(2)21-10)23-16-8-15-12(9-20-16)18(26)24-25(15)14-6-4-3-5-13(14)19/h3-9H,1-2H3,(H,24,26)(H,20,21,22,23). The number of nitrogens with zero attached hydrogens (tertiary/aromatic N) is 4. The van der Waals surface area contributed by atoms with Crippen LogP contribution in [0.4, 0.5) is 16.0 Å². The zero-order valence-corrected chi connectivity index (χ0v) is 14.1. The van der Waals surface area contributed by atoms with Gasteiger partial charge in [-0.1, -0.05) is 12.1 Å². The largest absolute Gasteiger partial charge is 0.325 e. The fourth-order valence-corrected chi connectivity index (χ4v) is 2.83. The quantitative estimate of drug-likeness (QED) is 0.593. The maximum atomic E-state index is 14.2. The molecule has 2 N–H and O–H groups in total. The lowest BCUT2D eigenvalue weighted by molar-refractivity contribution is 0.612. The second kappa shape index (κ2) is 6.07. The van der Waals surface area contributed by atoms with Crippen LogP contribution in [-0.2, 0) is 0 Å². The number of hydrogen-bond acceptors (Lipinski definition) is 5. The predicted molar refractivity (Wildman–Crippen MR) is 96.4 cm³/mol. The van der Waals surface area contributed by atoms with Gasteiger partial charge in [0.2, 0.25) is 0 Å². The molecule has 26 heavy (non-hydrogen) atoms. The van der Waals surface area contributed by atoms with Gasteiger partial charge in [0.1, 0.15) is 23.3 Å². The molecule has 0 unspecified atom stereocenters. The summed E-state index contributed by atoms with van der Waals surface area (Å²) in [6, 6.07) is 9.69. The van der Waals surface area contributed by atoms with Crippen LogP contribution >= 0.6 is 0 Å². The molecule has 0 radical (unpaired) electrons. The van der Waals surface area contributed by atoms with Crippen LogP contribution in [0.1, 0.15) is 11.5 Å². The molecular formula is C18H15FN6O. The number of fused-ring (bicyclic) bond motifs is 1. The van der Waals surface area contributed by atoms with E-state index in [-0.39, 0.29) is 11.2 Å². The molecule has 0 amide bonds. The number of aromatic nitrogens is 5. The lowest BCUT2D eigenvalue weighted by Crippen LogP contribution is -2.05. The van der Waals surface area contributed by atoms with E-state index < -0.39 is 5.82 Å². The van der Waals surface area contributed by atoms with Crippen LogP contribution in [0.5, 0.6) is 0 Å². The molecule has 0 aliphatic rings. The van der Waals surface area contributed by atoms with Gasteiger partial charge < -0.3 is 5.32 Å². The van der Waals surface area contributed by atoms with Gasteiger partial charge in [-0.2, -0.15) is 0 Å². The summed E-state index contributed by atoms with van der Waals surface area (Å²) in [5.74, 6) is 1.28. The first-order valence-electron chi connectivity index (χ1n) is 7.96. The van der Waals surface area contributed by atoms with E-state index in [4.69, 9.17) is 0 Å². The first-order valence-corrected chi connectivity index (χ1v) is 7.96. The summed E-state index contributed by atoms with van der Waals surface area (Å²) in [7, 11) is 0. The molecule has 0 fully saturated rings. The fraction of sp³-hybridized carbons (Fsp3) is 0.111. The van der Waals surface area contributed by atoms with Gasteiger partial charge in [0, 0.05) is 24.0 Å². The van der Waals surface area contributed by atoms with Crippen LogP contribution in [0.25, 0.3) is 16.6 Å². The van der Waals surface area contributed by atoms with Gasteiger partial charge in [0.05, 0.1) is 16.6 Å². The number of anilines is 2. The molecule has 0 aliphatic heterocycles. The van der Waals surface area contributed by atoms with E-state index in [1.165, 1.54) is 16.9 Å². The number of aromatic amines is 1. The summed E-state index contributed by atoms with van der Waals surface area (Å²) in [5, 5.41) is 6.11. The summed E-state index contributed by atoms with van der Waals surface area (Å²) in [6.07, 6.45) is 1.45. The molecule has 0 saturated carbocycles. The first-order chi connectivity index (χ1) is 12.5. The molecule has 0 spiro atoms. The Balaban J connectivity index is 1.83. The third kappa shape index (κ3) is 2.81. The van der Waals surface area contributed by atoms with Crippen molar-refractivity contribution in [3.05, 3.63) is 70.3 Å². The Bertz CT molecular complexity index is 1160. The summed E-state index contributed by atoms with van der Waals surface area (Å²) in [5.41, 5.74) is 1.26. The molecule has 3 aromatic heterocycles. The average Bonchev–Trinajstić information content (AvgIpc) is 2.90. The number of rotatable bonds is 3. The predicted octanol–water partition coefficient (Wildman–Crippen LogP) is 3.00. The van der Waals surface area contributed by atoms with Gasteiger partial charge in [-0.25, -0.2) is 24.0 Å². The Hall–Kier alpha value is -3.55. The minimum atomic E-state index is -0.436. The minimum Gasteiger partial charge on any atom is -0.325 e. The normalized spacial score (nSPS) is 11.0. The molecule has 130 valence electrons. The smallest absolute Gasteiger partial charge is 0.273 e. The van der Waals surface area contributed by atoms with Crippen molar-refractivity contribution < 1.29 is 4.39 Å². The van der Waals surface area contributed by atoms with Crippen molar-refractivity contribution in [1.29, 1.82) is 0 Å². The van der Waals surface area contributed by atoms with Gasteiger partial charge in [-0.15, -0.1) is 0 Å². The van der Waals surface area contributed by atoms with Crippen LogP contribution < -0.4 is 10.9 Å². The molecule has 8 heteroatoms. The summed E-state index contributed by atoms with van der Waals surface area (Å²) < 4.78 is 15.6. The van der Waals surface area contributed by atoms with E-state index in [0.29, 0.717) is 28.4 Å². The molecule has 0 bridgehead atoms. The van der Waals surface area contributed by atoms with Gasteiger partial charge in [0.25, 0.3) is 5.56 Å². The van der Waals surface area contributed by atoms with E-state index >= 15 is 0 Å². The van der Waals surface area contributed by atoms with Crippen molar-refractivity contribution in [3.63, 3.8) is 0 Å². The highest BCUT2D eigenvalue weighted by atomic mass is 19.1. The number of pyridine rings is 1. The molecule has 0 saturated heterocycles. The summed E-state index contributed by atoms with van der Waals surface area (Å²) in [4.78, 5) is 25.0. The van der Waals surface area contributed by atoms with Crippen LogP contribution in [0, 0.1) is 19.7 Å². The van der Waals surface area contributed by atoms with Crippen molar-refractivity contribution in [2.24, 2.45) is 0 Å². The number of H-pyrrole nitrogens is 1. The van der Waals surface area contributed by atoms with Gasteiger partial charge >= 0.3 is 0 Å². The fourth-order valence-electron chi connectivity index (χ4n) is 2.83. The number of nitrogens with one attached hydrogen (secondary N) is 2. The topological polar surface area (TPSA) is 88.5 Å². The SMILES string of the molecule is Cc1cc(Nc2cc3c(cn2)c(=O)[nH]n3-c2ccccc2F)nc(C)n1. The lowest BCUT2D eigenvalue weighted by atomic mass is 10.3. The highest BCUT2D eigenvalue weighted by Gasteiger charge is 2.13. The molecule has 4 aromatic rings. The highest BCUT2D eigenvalue weighted by Crippen LogP contribution is 2.21. The Morgan fingerprint density at radius 1 is 1.12 bits per heavy atom. The van der Waals surface area contributed by atoms with Crippen molar-refractivity contribution in [1.82, 2.24) is 24.7 Å². The van der Waals surface area contributed by atoms with E-state index in [2.05, 4.69) is 25.4 Å². The first kappa shape index (κ1) is 15.9. The van der Waals surface area contributed by atoms with Crippen LogP contribution in [0.2, 0.25) is 0 Å². The number of hydrogen-bond donors (Lipinski definition) is 2. The molecule has 3 heterocycles. The van der Waals surface area contributed by atoms with E-state index in [1.54, 1.807) is 37.3 Å². The molecular weight excluding hydrogens is 335 g/mol. The molecule has 0 atom stereocenters.